The molecule has 1 aliphatic rings. The van der Waals surface area contributed by atoms with Gasteiger partial charge in [0.05, 0.1) is 17.8 Å². The lowest BCUT2D eigenvalue weighted by Crippen LogP contribution is -2.26. The van der Waals surface area contributed by atoms with E-state index in [1.165, 1.54) is 18.3 Å². The summed E-state index contributed by atoms with van der Waals surface area (Å²) < 4.78 is 0. The van der Waals surface area contributed by atoms with Crippen LogP contribution in [0.2, 0.25) is 0 Å². The molecule has 1 aliphatic heterocycles. The van der Waals surface area contributed by atoms with Crippen molar-refractivity contribution in [3.63, 3.8) is 0 Å². The number of carbonyl (C=O) groups excluding carboxylic acids is 1. The summed E-state index contributed by atoms with van der Waals surface area (Å²) in [5, 5.41) is 21.6. The fourth-order valence-corrected chi connectivity index (χ4v) is 3.94. The lowest BCUT2D eigenvalue weighted by atomic mass is 10.1. The first kappa shape index (κ1) is 17.2. The molecule has 0 bridgehead atoms. The number of nitrogens with zero attached hydrogens (tertiary/aromatic N) is 2. The number of aliphatic hydroxyl groups is 1. The number of nitrogens with one attached hydrogen (secondary N) is 1. The number of Topliss-reactive ketones (excluding diaryl/α,β-unsaturated/α-hetero) is 1. The molecule has 0 aliphatic carbocycles. The Kier molecular flexibility index (Phi) is 4.33. The Labute approximate surface area is 160 Å². The molecule has 6 heteroatoms. The van der Waals surface area contributed by atoms with Gasteiger partial charge in [0, 0.05) is 22.2 Å². The quantitative estimate of drug-likeness (QED) is 0.644. The first-order valence-corrected chi connectivity index (χ1v) is 9.33. The maximum Gasteiger partial charge on any atom is 0.159 e. The first-order valence-electron chi connectivity index (χ1n) is 8.45. The van der Waals surface area contributed by atoms with Crippen LogP contribution in [0.5, 0.6) is 0 Å². The van der Waals surface area contributed by atoms with Crippen LogP contribution >= 0.6 is 11.3 Å². The Bertz CT molecular complexity index is 1070. The van der Waals surface area contributed by atoms with E-state index in [4.69, 9.17) is 5.41 Å². The Hall–Kier alpha value is -3.25. The van der Waals surface area contributed by atoms with Gasteiger partial charge in [0.25, 0.3) is 0 Å². The molecule has 2 aromatic carbocycles. The summed E-state index contributed by atoms with van der Waals surface area (Å²) in [5.41, 5.74) is 3.54. The molecule has 27 heavy (non-hydrogen) atoms. The van der Waals surface area contributed by atoms with Crippen LogP contribution in [0, 0.1) is 5.41 Å². The molecule has 0 spiro atoms. The Morgan fingerprint density at radius 2 is 1.96 bits per heavy atom. The van der Waals surface area contributed by atoms with Crippen molar-refractivity contribution in [3.8, 4) is 11.3 Å². The topological polar surface area (TPSA) is 77.3 Å². The zero-order chi connectivity index (χ0) is 19.0. The molecule has 5 nitrogen and oxygen atoms in total. The third kappa shape index (κ3) is 3.15. The van der Waals surface area contributed by atoms with Gasteiger partial charge >= 0.3 is 0 Å². The summed E-state index contributed by atoms with van der Waals surface area (Å²) in [7, 11) is 0. The Balaban J connectivity index is 1.65. The summed E-state index contributed by atoms with van der Waals surface area (Å²) in [6.07, 6.45) is 0. The minimum absolute atomic E-state index is 0.0348. The van der Waals surface area contributed by atoms with Gasteiger partial charge in [-0.25, -0.2) is 4.98 Å². The maximum atomic E-state index is 11.6. The summed E-state index contributed by atoms with van der Waals surface area (Å²) in [6.45, 7) is 1.70. The van der Waals surface area contributed by atoms with E-state index < -0.39 is 0 Å². The number of hydrogen-bond donors (Lipinski definition) is 2. The molecule has 0 unspecified atom stereocenters. The van der Waals surface area contributed by atoms with Crippen molar-refractivity contribution in [1.29, 1.82) is 5.41 Å². The van der Waals surface area contributed by atoms with Crippen LogP contribution in [-0.2, 0) is 0 Å². The van der Waals surface area contributed by atoms with Gasteiger partial charge in [0.15, 0.2) is 5.78 Å². The van der Waals surface area contributed by atoms with Gasteiger partial charge in [-0.05, 0) is 19.1 Å². The highest BCUT2D eigenvalue weighted by molar-refractivity contribution is 7.11. The molecule has 1 aromatic heterocycles. The number of aliphatic hydroxyl groups excluding tert-OH is 1. The molecule has 2 N–H and O–H groups in total. The van der Waals surface area contributed by atoms with Gasteiger partial charge < -0.3 is 10.0 Å². The van der Waals surface area contributed by atoms with Crippen molar-refractivity contribution in [2.75, 3.05) is 11.4 Å². The average Bonchev–Trinajstić information content (AvgIpc) is 3.27. The van der Waals surface area contributed by atoms with Gasteiger partial charge in [-0.1, -0.05) is 42.5 Å². The van der Waals surface area contributed by atoms with Crippen LogP contribution < -0.4 is 4.90 Å². The molecule has 134 valence electrons. The average molecular weight is 375 g/mol. The number of rotatable bonds is 4. The van der Waals surface area contributed by atoms with Crippen LogP contribution in [0.3, 0.4) is 0 Å². The van der Waals surface area contributed by atoms with E-state index in [1.54, 1.807) is 23.1 Å². The van der Waals surface area contributed by atoms with Gasteiger partial charge in [-0.15, -0.1) is 11.3 Å². The molecule has 3 aromatic rings. The predicted molar refractivity (Wildman–Crippen MR) is 109 cm³/mol. The largest absolute Gasteiger partial charge is 0.510 e. The van der Waals surface area contributed by atoms with E-state index in [0.717, 1.165) is 11.3 Å². The number of hydrogen-bond acceptors (Lipinski definition) is 5. The van der Waals surface area contributed by atoms with Crippen molar-refractivity contribution < 1.29 is 9.90 Å². The molecule has 0 saturated carbocycles. The Morgan fingerprint density at radius 3 is 2.70 bits per heavy atom. The van der Waals surface area contributed by atoms with Crippen LogP contribution in [0.4, 0.5) is 5.69 Å². The second kappa shape index (κ2) is 6.81. The molecule has 2 heterocycles. The summed E-state index contributed by atoms with van der Waals surface area (Å²) in [4.78, 5) is 17.9. The highest BCUT2D eigenvalue weighted by Crippen LogP contribution is 2.34. The number of amidine groups is 1. The normalized spacial score (nSPS) is 14.1. The summed E-state index contributed by atoms with van der Waals surface area (Å²) >= 11 is 1.40. The van der Waals surface area contributed by atoms with Gasteiger partial charge in [0.2, 0.25) is 0 Å². The SMILES string of the molecule is CC(=O)c1cccc(N2CC(O)=C(c3nc(-c4ccccc4)cs3)C2=N)c1. The third-order valence-electron chi connectivity index (χ3n) is 4.46. The van der Waals surface area contributed by atoms with Crippen molar-refractivity contribution >= 4 is 34.2 Å². The van der Waals surface area contributed by atoms with Crippen molar-refractivity contribution in [2.45, 2.75) is 6.92 Å². The maximum absolute atomic E-state index is 11.6. The van der Waals surface area contributed by atoms with E-state index in [-0.39, 0.29) is 23.9 Å². The van der Waals surface area contributed by atoms with Crippen molar-refractivity contribution in [3.05, 3.63) is 76.3 Å². The third-order valence-corrected chi connectivity index (χ3v) is 5.31. The molecular weight excluding hydrogens is 358 g/mol. The molecule has 0 atom stereocenters. The lowest BCUT2D eigenvalue weighted by molar-refractivity contribution is 0.101. The highest BCUT2D eigenvalue weighted by atomic mass is 32.1. The minimum atomic E-state index is -0.0348. The zero-order valence-corrected chi connectivity index (χ0v) is 15.5. The van der Waals surface area contributed by atoms with E-state index in [1.807, 2.05) is 41.8 Å². The predicted octanol–water partition coefficient (Wildman–Crippen LogP) is 4.78. The van der Waals surface area contributed by atoms with Gasteiger partial charge in [-0.2, -0.15) is 0 Å². The zero-order valence-electron chi connectivity index (χ0n) is 14.6. The fourth-order valence-electron chi connectivity index (χ4n) is 3.05. The monoisotopic (exact) mass is 375 g/mol. The first-order chi connectivity index (χ1) is 13.0. The van der Waals surface area contributed by atoms with Crippen LogP contribution in [0.1, 0.15) is 22.3 Å². The Morgan fingerprint density at radius 1 is 1.19 bits per heavy atom. The van der Waals surface area contributed by atoms with E-state index in [2.05, 4.69) is 4.98 Å². The number of ketones is 1. The fraction of sp³-hybridized carbons (Fsp3) is 0.0952. The van der Waals surface area contributed by atoms with Crippen LogP contribution in [0.25, 0.3) is 16.8 Å². The van der Waals surface area contributed by atoms with Gasteiger partial charge in [0.1, 0.15) is 16.6 Å². The highest BCUT2D eigenvalue weighted by Gasteiger charge is 2.31. The van der Waals surface area contributed by atoms with Gasteiger partial charge in [-0.3, -0.25) is 10.2 Å². The second-order valence-corrected chi connectivity index (χ2v) is 7.12. The number of anilines is 1. The van der Waals surface area contributed by atoms with Crippen molar-refractivity contribution in [2.24, 2.45) is 0 Å². The lowest BCUT2D eigenvalue weighted by Gasteiger charge is -2.19. The molecule has 0 saturated heterocycles. The van der Waals surface area contributed by atoms with E-state index in [0.29, 0.717) is 21.8 Å². The second-order valence-electron chi connectivity index (χ2n) is 6.27. The number of carbonyl (C=O) groups is 1. The number of aromatic nitrogens is 1. The smallest absolute Gasteiger partial charge is 0.159 e. The minimum Gasteiger partial charge on any atom is -0.510 e. The van der Waals surface area contributed by atoms with Crippen molar-refractivity contribution in [1.82, 2.24) is 4.98 Å². The summed E-state index contributed by atoms with van der Waals surface area (Å²) in [5.74, 6) is 0.261. The molecule has 0 radical (unpaired) electrons. The number of benzene rings is 2. The van der Waals surface area contributed by atoms with Crippen LogP contribution in [-0.4, -0.2) is 28.3 Å². The van der Waals surface area contributed by atoms with E-state index >= 15 is 0 Å². The number of thiazole rings is 1. The molecule has 0 fully saturated rings. The van der Waals surface area contributed by atoms with Crippen LogP contribution in [0.15, 0.2) is 65.7 Å². The van der Waals surface area contributed by atoms with E-state index in [9.17, 15) is 9.90 Å². The molecule has 0 amide bonds. The summed E-state index contributed by atoms with van der Waals surface area (Å²) in [6, 6.07) is 16.9. The molecular formula is C21H17N3O2S. The standard InChI is InChI=1S/C21H17N3O2S/c1-13(25)15-8-5-9-16(10-15)24-11-18(26)19(20(24)22)21-23-17(12-27-21)14-6-3-2-4-7-14/h2-10,12,22,26H,11H2,1H3. The molecule has 4 rings (SSSR count).